The molecule has 1 rings (SSSR count). The molecule has 0 amide bonds. The predicted octanol–water partition coefficient (Wildman–Crippen LogP) is 5.76. The minimum Gasteiger partial charge on any atom is -0.269 e. The molecule has 1 atom stereocenters. The summed E-state index contributed by atoms with van der Waals surface area (Å²) in [5.41, 5.74) is 4.21. The Kier molecular flexibility index (Phi) is 7.28. The summed E-state index contributed by atoms with van der Waals surface area (Å²) < 4.78 is 0. The summed E-state index contributed by atoms with van der Waals surface area (Å²) in [7, 11) is 0. The molecule has 0 saturated carbocycles. The van der Waals surface area contributed by atoms with Crippen molar-refractivity contribution in [1.82, 2.24) is 0 Å². The van der Waals surface area contributed by atoms with Crippen molar-refractivity contribution in [3.05, 3.63) is 47.2 Å². The van der Waals surface area contributed by atoms with Gasteiger partial charge >= 0.3 is 0 Å². The van der Waals surface area contributed by atoms with Crippen molar-refractivity contribution in [2.24, 2.45) is 10.9 Å². The zero-order valence-electron chi connectivity index (χ0n) is 13.7. The third-order valence-corrected chi connectivity index (χ3v) is 3.77. The second kappa shape index (κ2) is 8.73. The summed E-state index contributed by atoms with van der Waals surface area (Å²) in [6.45, 7) is 11.0. The van der Waals surface area contributed by atoms with Gasteiger partial charge in [0, 0.05) is 18.3 Å². The van der Waals surface area contributed by atoms with Gasteiger partial charge in [-0.3, -0.25) is 4.99 Å². The minimum atomic E-state index is 0.493. The number of nitrogens with zero attached hydrogens (tertiary/aromatic N) is 1. The Labute approximate surface area is 124 Å². The Hall–Kier alpha value is -1.37. The van der Waals surface area contributed by atoms with E-state index in [1.165, 1.54) is 29.5 Å². The fourth-order valence-corrected chi connectivity index (χ4v) is 2.47. The molecule has 0 radical (unpaired) electrons. The fraction of sp³-hybridized carbons (Fsp3) is 0.526. The topological polar surface area (TPSA) is 12.4 Å². The van der Waals surface area contributed by atoms with E-state index in [1.54, 1.807) is 0 Å². The molecule has 1 nitrogen and oxygen atoms in total. The van der Waals surface area contributed by atoms with Crippen molar-refractivity contribution in [1.29, 1.82) is 0 Å². The van der Waals surface area contributed by atoms with Crippen molar-refractivity contribution < 1.29 is 0 Å². The molecule has 20 heavy (non-hydrogen) atoms. The molecular weight excluding hydrogens is 242 g/mol. The number of allylic oxidation sites excluding steroid dienone is 1. The minimum absolute atomic E-state index is 0.493. The van der Waals surface area contributed by atoms with E-state index in [1.807, 2.05) is 19.3 Å². The van der Waals surface area contributed by atoms with Gasteiger partial charge in [0.2, 0.25) is 0 Å². The van der Waals surface area contributed by atoms with Gasteiger partial charge in [-0.15, -0.1) is 0 Å². The van der Waals surface area contributed by atoms with Crippen LogP contribution in [0.3, 0.4) is 0 Å². The zero-order chi connectivity index (χ0) is 15.0. The fourth-order valence-electron chi connectivity index (χ4n) is 2.47. The van der Waals surface area contributed by atoms with Crippen LogP contribution >= 0.6 is 0 Å². The molecule has 0 aliphatic rings. The van der Waals surface area contributed by atoms with Crippen molar-refractivity contribution in [3.63, 3.8) is 0 Å². The van der Waals surface area contributed by atoms with Crippen LogP contribution in [-0.2, 0) is 6.42 Å². The van der Waals surface area contributed by atoms with Crippen molar-refractivity contribution in [2.75, 3.05) is 0 Å². The van der Waals surface area contributed by atoms with E-state index in [0.29, 0.717) is 5.92 Å². The summed E-state index contributed by atoms with van der Waals surface area (Å²) in [6.07, 6.45) is 7.42. The highest BCUT2D eigenvalue weighted by Gasteiger charge is 2.14. The molecule has 1 unspecified atom stereocenters. The Morgan fingerprint density at radius 1 is 1.25 bits per heavy atom. The average molecular weight is 271 g/mol. The van der Waals surface area contributed by atoms with Gasteiger partial charge in [-0.05, 0) is 49.3 Å². The number of aryl methyl sites for hydroxylation is 1. The van der Waals surface area contributed by atoms with Crippen LogP contribution < -0.4 is 0 Å². The smallest absolute Gasteiger partial charge is 0.0259 e. The predicted molar refractivity (Wildman–Crippen MR) is 90.6 cm³/mol. The van der Waals surface area contributed by atoms with E-state index < -0.39 is 0 Å². The van der Waals surface area contributed by atoms with Crippen LogP contribution in [0.15, 0.2) is 41.0 Å². The Morgan fingerprint density at radius 2 is 2.00 bits per heavy atom. The van der Waals surface area contributed by atoms with E-state index >= 15 is 0 Å². The first kappa shape index (κ1) is 16.7. The highest BCUT2D eigenvalue weighted by Crippen LogP contribution is 2.31. The molecule has 1 aromatic rings. The van der Waals surface area contributed by atoms with E-state index in [-0.39, 0.29) is 0 Å². The molecule has 110 valence electrons. The molecule has 0 heterocycles. The SMILES string of the molecule is CC=N/C=C(\C)C(CCC(C)C)c1cccc(CC)c1. The van der Waals surface area contributed by atoms with Gasteiger partial charge in [-0.2, -0.15) is 0 Å². The van der Waals surface area contributed by atoms with Gasteiger partial charge in [0.05, 0.1) is 0 Å². The first-order valence-corrected chi connectivity index (χ1v) is 7.81. The van der Waals surface area contributed by atoms with Crippen LogP contribution in [0.5, 0.6) is 0 Å². The lowest BCUT2D eigenvalue weighted by molar-refractivity contribution is 0.525. The van der Waals surface area contributed by atoms with Gasteiger partial charge in [0.25, 0.3) is 0 Å². The van der Waals surface area contributed by atoms with Gasteiger partial charge in [0.15, 0.2) is 0 Å². The van der Waals surface area contributed by atoms with Gasteiger partial charge in [-0.1, -0.05) is 51.5 Å². The zero-order valence-corrected chi connectivity index (χ0v) is 13.7. The second-order valence-corrected chi connectivity index (χ2v) is 5.90. The largest absolute Gasteiger partial charge is 0.269 e. The summed E-state index contributed by atoms with van der Waals surface area (Å²) in [5.74, 6) is 1.24. The summed E-state index contributed by atoms with van der Waals surface area (Å²) in [4.78, 5) is 4.30. The molecule has 0 fully saturated rings. The van der Waals surface area contributed by atoms with Gasteiger partial charge in [0.1, 0.15) is 0 Å². The maximum atomic E-state index is 4.30. The Morgan fingerprint density at radius 3 is 2.60 bits per heavy atom. The Bertz CT molecular complexity index is 455. The lowest BCUT2D eigenvalue weighted by Gasteiger charge is -2.20. The molecule has 1 heteroatoms. The first-order valence-electron chi connectivity index (χ1n) is 7.81. The number of hydrogen-bond donors (Lipinski definition) is 0. The maximum absolute atomic E-state index is 4.30. The molecule has 0 aromatic heterocycles. The van der Waals surface area contributed by atoms with Gasteiger partial charge in [-0.25, -0.2) is 0 Å². The highest BCUT2D eigenvalue weighted by molar-refractivity contribution is 5.54. The van der Waals surface area contributed by atoms with Crippen molar-refractivity contribution in [3.8, 4) is 0 Å². The van der Waals surface area contributed by atoms with E-state index in [2.05, 4.69) is 57.0 Å². The summed E-state index contributed by atoms with van der Waals surface area (Å²) in [5, 5.41) is 0. The van der Waals surface area contributed by atoms with Crippen LogP contribution in [0.1, 0.15) is 64.5 Å². The molecule has 1 aromatic carbocycles. The maximum Gasteiger partial charge on any atom is 0.0259 e. The molecule has 0 spiro atoms. The van der Waals surface area contributed by atoms with E-state index in [0.717, 1.165) is 12.3 Å². The van der Waals surface area contributed by atoms with Crippen LogP contribution in [0.25, 0.3) is 0 Å². The van der Waals surface area contributed by atoms with Crippen LogP contribution in [0.2, 0.25) is 0 Å². The third kappa shape index (κ3) is 5.32. The van der Waals surface area contributed by atoms with Crippen LogP contribution in [0, 0.1) is 5.92 Å². The molecular formula is C19H29N. The summed E-state index contributed by atoms with van der Waals surface area (Å²) >= 11 is 0. The van der Waals surface area contributed by atoms with Crippen LogP contribution in [0.4, 0.5) is 0 Å². The first-order chi connectivity index (χ1) is 9.58. The molecule has 0 saturated heterocycles. The van der Waals surface area contributed by atoms with E-state index in [9.17, 15) is 0 Å². The van der Waals surface area contributed by atoms with Crippen molar-refractivity contribution in [2.45, 2.75) is 59.8 Å². The molecule has 0 aliphatic heterocycles. The highest BCUT2D eigenvalue weighted by atomic mass is 14.7. The van der Waals surface area contributed by atoms with Crippen LogP contribution in [-0.4, -0.2) is 6.21 Å². The average Bonchev–Trinajstić information content (AvgIpc) is 2.45. The van der Waals surface area contributed by atoms with Gasteiger partial charge < -0.3 is 0 Å². The third-order valence-electron chi connectivity index (χ3n) is 3.77. The molecule has 0 aliphatic carbocycles. The van der Waals surface area contributed by atoms with Crippen molar-refractivity contribution >= 4 is 6.21 Å². The lowest BCUT2D eigenvalue weighted by Crippen LogP contribution is -2.03. The number of benzene rings is 1. The summed E-state index contributed by atoms with van der Waals surface area (Å²) in [6, 6.07) is 9.02. The quantitative estimate of drug-likeness (QED) is 0.559. The Balaban J connectivity index is 3.01. The normalized spacial score (nSPS) is 14.2. The number of aliphatic imine (C=N–C) groups is 1. The standard InChI is InChI=1S/C19H29N/c1-6-17-9-8-10-18(13-17)19(12-11-15(3)4)16(5)14-20-7-2/h7-10,13-15,19H,6,11-12H2,1-5H3/b16-14+,20-7?. The second-order valence-electron chi connectivity index (χ2n) is 5.90. The number of rotatable bonds is 7. The molecule has 0 N–H and O–H groups in total. The van der Waals surface area contributed by atoms with E-state index in [4.69, 9.17) is 0 Å². The monoisotopic (exact) mass is 271 g/mol. The lowest BCUT2D eigenvalue weighted by atomic mass is 9.85. The number of hydrogen-bond acceptors (Lipinski definition) is 1. The molecule has 0 bridgehead atoms.